The number of fused-ring (bicyclic) bond motifs is 1. The van der Waals surface area contributed by atoms with Crippen molar-refractivity contribution in [2.24, 2.45) is 0 Å². The Hall–Kier alpha value is -1.38. The fourth-order valence-electron chi connectivity index (χ4n) is 1.41. The Labute approximate surface area is 83.6 Å². The van der Waals surface area contributed by atoms with Gasteiger partial charge in [0.1, 0.15) is 5.75 Å². The molecule has 0 aliphatic carbocycles. The molecule has 1 aromatic rings. The number of ether oxygens (including phenoxy) is 3. The van der Waals surface area contributed by atoms with Crippen LogP contribution in [0.3, 0.4) is 0 Å². The Morgan fingerprint density at radius 2 is 1.86 bits per heavy atom. The van der Waals surface area contributed by atoms with Crippen molar-refractivity contribution in [2.75, 3.05) is 6.79 Å². The normalized spacial score (nSPS) is 13.4. The lowest BCUT2D eigenvalue weighted by molar-refractivity contribution is 0.173. The third kappa shape index (κ3) is 1.62. The number of aryl methyl sites for hydroxylation is 1. The summed E-state index contributed by atoms with van der Waals surface area (Å²) in [6.07, 6.45) is 0.175. The van der Waals surface area contributed by atoms with Crippen LogP contribution in [0, 0.1) is 6.92 Å². The second-order valence-electron chi connectivity index (χ2n) is 3.64. The zero-order valence-corrected chi connectivity index (χ0v) is 8.66. The first kappa shape index (κ1) is 9.19. The first-order chi connectivity index (χ1) is 6.66. The third-order valence-corrected chi connectivity index (χ3v) is 2.03. The third-order valence-electron chi connectivity index (χ3n) is 2.03. The summed E-state index contributed by atoms with van der Waals surface area (Å²) in [5, 5.41) is 0. The molecule has 0 fully saturated rings. The molecular formula is C11H14O3. The summed E-state index contributed by atoms with van der Waals surface area (Å²) in [6, 6.07) is 3.83. The quantitative estimate of drug-likeness (QED) is 0.724. The average molecular weight is 194 g/mol. The van der Waals surface area contributed by atoms with Gasteiger partial charge < -0.3 is 14.2 Å². The van der Waals surface area contributed by atoms with Crippen LogP contribution in [0.4, 0.5) is 0 Å². The van der Waals surface area contributed by atoms with Gasteiger partial charge in [-0.1, -0.05) is 0 Å². The molecular weight excluding hydrogens is 180 g/mol. The molecule has 76 valence electrons. The summed E-state index contributed by atoms with van der Waals surface area (Å²) in [7, 11) is 0. The van der Waals surface area contributed by atoms with Crippen molar-refractivity contribution < 1.29 is 14.2 Å². The van der Waals surface area contributed by atoms with E-state index in [9.17, 15) is 0 Å². The molecule has 1 aliphatic heterocycles. The molecule has 3 nitrogen and oxygen atoms in total. The standard InChI is InChI=1S/C11H14O3/c1-7(2)14-9-5-11-10(4-8(9)3)12-6-13-11/h4-5,7H,6H2,1-3H3. The summed E-state index contributed by atoms with van der Waals surface area (Å²) in [6.45, 7) is 6.31. The van der Waals surface area contributed by atoms with Crippen LogP contribution in [-0.4, -0.2) is 12.9 Å². The Kier molecular flexibility index (Phi) is 2.23. The van der Waals surface area contributed by atoms with E-state index in [4.69, 9.17) is 14.2 Å². The molecule has 0 spiro atoms. The lowest BCUT2D eigenvalue weighted by atomic mass is 10.2. The number of hydrogen-bond acceptors (Lipinski definition) is 3. The van der Waals surface area contributed by atoms with E-state index < -0.39 is 0 Å². The highest BCUT2D eigenvalue weighted by Gasteiger charge is 2.16. The molecule has 1 aliphatic rings. The minimum atomic E-state index is 0.175. The van der Waals surface area contributed by atoms with E-state index in [0.29, 0.717) is 6.79 Å². The van der Waals surface area contributed by atoms with E-state index in [1.807, 2.05) is 32.9 Å². The molecule has 0 unspecified atom stereocenters. The molecule has 0 atom stereocenters. The summed E-state index contributed by atoms with van der Waals surface area (Å²) >= 11 is 0. The SMILES string of the molecule is Cc1cc2c(cc1OC(C)C)OCO2. The summed E-state index contributed by atoms with van der Waals surface area (Å²) in [5.41, 5.74) is 1.07. The molecule has 0 N–H and O–H groups in total. The number of rotatable bonds is 2. The van der Waals surface area contributed by atoms with Gasteiger partial charge in [0, 0.05) is 6.07 Å². The maximum atomic E-state index is 5.63. The van der Waals surface area contributed by atoms with Crippen LogP contribution in [0.15, 0.2) is 12.1 Å². The fourth-order valence-corrected chi connectivity index (χ4v) is 1.41. The summed E-state index contributed by atoms with van der Waals surface area (Å²) in [5.74, 6) is 2.44. The van der Waals surface area contributed by atoms with Crippen molar-refractivity contribution in [3.63, 3.8) is 0 Å². The lowest BCUT2D eigenvalue weighted by Crippen LogP contribution is -2.06. The molecule has 14 heavy (non-hydrogen) atoms. The largest absolute Gasteiger partial charge is 0.491 e. The molecule has 0 aromatic heterocycles. The monoisotopic (exact) mass is 194 g/mol. The van der Waals surface area contributed by atoms with E-state index in [0.717, 1.165) is 22.8 Å². The Balaban J connectivity index is 2.32. The van der Waals surface area contributed by atoms with Crippen LogP contribution >= 0.6 is 0 Å². The van der Waals surface area contributed by atoms with E-state index in [2.05, 4.69) is 0 Å². The van der Waals surface area contributed by atoms with Gasteiger partial charge in [-0.25, -0.2) is 0 Å². The second kappa shape index (κ2) is 3.40. The molecule has 0 radical (unpaired) electrons. The number of benzene rings is 1. The van der Waals surface area contributed by atoms with Crippen LogP contribution in [0.2, 0.25) is 0 Å². The maximum Gasteiger partial charge on any atom is 0.231 e. The predicted molar refractivity (Wildman–Crippen MR) is 53.1 cm³/mol. The molecule has 1 aromatic carbocycles. The van der Waals surface area contributed by atoms with Crippen molar-refractivity contribution in [3.05, 3.63) is 17.7 Å². The molecule has 0 saturated heterocycles. The van der Waals surface area contributed by atoms with Crippen LogP contribution < -0.4 is 14.2 Å². The van der Waals surface area contributed by atoms with Crippen molar-refractivity contribution in [3.8, 4) is 17.2 Å². The summed E-state index contributed by atoms with van der Waals surface area (Å²) < 4.78 is 16.2. The van der Waals surface area contributed by atoms with Gasteiger partial charge >= 0.3 is 0 Å². The fraction of sp³-hybridized carbons (Fsp3) is 0.455. The van der Waals surface area contributed by atoms with Crippen molar-refractivity contribution in [2.45, 2.75) is 26.9 Å². The van der Waals surface area contributed by atoms with Crippen LogP contribution in [0.5, 0.6) is 17.2 Å². The van der Waals surface area contributed by atoms with Gasteiger partial charge in [-0.2, -0.15) is 0 Å². The van der Waals surface area contributed by atoms with Crippen molar-refractivity contribution in [1.29, 1.82) is 0 Å². The lowest BCUT2D eigenvalue weighted by Gasteiger charge is -2.12. The predicted octanol–water partition coefficient (Wildman–Crippen LogP) is 2.51. The van der Waals surface area contributed by atoms with E-state index in [1.165, 1.54) is 0 Å². The van der Waals surface area contributed by atoms with E-state index in [-0.39, 0.29) is 6.10 Å². The smallest absolute Gasteiger partial charge is 0.231 e. The van der Waals surface area contributed by atoms with Crippen molar-refractivity contribution in [1.82, 2.24) is 0 Å². The van der Waals surface area contributed by atoms with Gasteiger partial charge in [0.25, 0.3) is 0 Å². The van der Waals surface area contributed by atoms with Gasteiger partial charge in [-0.3, -0.25) is 0 Å². The molecule has 1 heterocycles. The molecule has 0 bridgehead atoms. The summed E-state index contributed by atoms with van der Waals surface area (Å²) in [4.78, 5) is 0. The Morgan fingerprint density at radius 3 is 2.50 bits per heavy atom. The first-order valence-corrected chi connectivity index (χ1v) is 4.73. The number of hydrogen-bond donors (Lipinski definition) is 0. The minimum Gasteiger partial charge on any atom is -0.491 e. The highest BCUT2D eigenvalue weighted by molar-refractivity contribution is 5.51. The van der Waals surface area contributed by atoms with Gasteiger partial charge in [0.2, 0.25) is 6.79 Å². The Morgan fingerprint density at radius 1 is 1.21 bits per heavy atom. The molecule has 0 saturated carbocycles. The van der Waals surface area contributed by atoms with Crippen LogP contribution in [0.25, 0.3) is 0 Å². The van der Waals surface area contributed by atoms with Crippen LogP contribution in [0.1, 0.15) is 19.4 Å². The molecule has 0 amide bonds. The average Bonchev–Trinajstić information content (AvgIpc) is 2.51. The minimum absolute atomic E-state index is 0.175. The molecule has 2 rings (SSSR count). The van der Waals surface area contributed by atoms with Crippen molar-refractivity contribution >= 4 is 0 Å². The topological polar surface area (TPSA) is 27.7 Å². The van der Waals surface area contributed by atoms with Gasteiger partial charge in [0.15, 0.2) is 11.5 Å². The highest BCUT2D eigenvalue weighted by Crippen LogP contribution is 2.37. The van der Waals surface area contributed by atoms with Gasteiger partial charge in [0.05, 0.1) is 6.10 Å². The molecule has 3 heteroatoms. The zero-order chi connectivity index (χ0) is 10.1. The zero-order valence-electron chi connectivity index (χ0n) is 8.66. The van der Waals surface area contributed by atoms with E-state index >= 15 is 0 Å². The highest BCUT2D eigenvalue weighted by atomic mass is 16.7. The first-order valence-electron chi connectivity index (χ1n) is 4.73. The Bertz CT molecular complexity index is 345. The second-order valence-corrected chi connectivity index (χ2v) is 3.64. The van der Waals surface area contributed by atoms with Gasteiger partial charge in [-0.15, -0.1) is 0 Å². The maximum absolute atomic E-state index is 5.63. The van der Waals surface area contributed by atoms with Crippen LogP contribution in [-0.2, 0) is 0 Å². The van der Waals surface area contributed by atoms with Gasteiger partial charge in [-0.05, 0) is 32.4 Å². The van der Waals surface area contributed by atoms with E-state index in [1.54, 1.807) is 0 Å².